The van der Waals surface area contributed by atoms with Gasteiger partial charge in [0, 0.05) is 50.2 Å². The monoisotopic (exact) mass is 795 g/mol. The lowest BCUT2D eigenvalue weighted by molar-refractivity contribution is -0.144. The Morgan fingerprint density at radius 1 is 0.727 bits per heavy atom. The molecule has 0 spiro atoms. The van der Waals surface area contributed by atoms with Gasteiger partial charge in [0.25, 0.3) is 10.1 Å². The van der Waals surface area contributed by atoms with E-state index in [0.29, 0.717) is 39.3 Å². The van der Waals surface area contributed by atoms with Crippen molar-refractivity contribution < 1.29 is 56.7 Å². The topological polar surface area (TPSA) is 219 Å². The first-order chi connectivity index (χ1) is 26.7. The second-order valence-electron chi connectivity index (χ2n) is 11.1. The number of benzene rings is 2. The largest absolute Gasteiger partial charge is 0.494 e. The quantitative estimate of drug-likeness (QED) is 0.0177. The summed E-state index contributed by atoms with van der Waals surface area (Å²) in [4.78, 5) is 2.50. The van der Waals surface area contributed by atoms with E-state index in [9.17, 15) is 8.42 Å². The molecule has 0 heterocycles. The van der Waals surface area contributed by atoms with Crippen LogP contribution in [0.2, 0.25) is 0 Å². The molecule has 0 bridgehead atoms. The number of aliphatic hydroxyl groups is 4. The molecule has 0 amide bonds. The average molecular weight is 796 g/mol. The molecule has 2 aromatic rings. The smallest absolute Gasteiger partial charge is 0.297 e. The Balaban J connectivity index is 0. The summed E-state index contributed by atoms with van der Waals surface area (Å²) >= 11 is 0. The van der Waals surface area contributed by atoms with Crippen molar-refractivity contribution in [2.45, 2.75) is 69.5 Å². The van der Waals surface area contributed by atoms with E-state index in [-0.39, 0.29) is 44.5 Å². The summed E-state index contributed by atoms with van der Waals surface area (Å²) in [5.41, 5.74) is 9.45. The van der Waals surface area contributed by atoms with Crippen LogP contribution in [-0.2, 0) is 33.2 Å². The molecule has 0 atom stereocenters. The van der Waals surface area contributed by atoms with Crippen molar-refractivity contribution in [2.24, 2.45) is 5.11 Å². The maximum atomic E-state index is 11.4. The third-order valence-corrected chi connectivity index (χ3v) is 7.90. The normalized spacial score (nSPS) is 10.3. The number of nitrogens with zero attached hydrogens (tertiary/aromatic N) is 3. The highest BCUT2D eigenvalue weighted by Gasteiger charge is 2.14. The number of unbranched alkanes of at least 4 members (excludes halogenated alkanes) is 5. The molecule has 0 aromatic heterocycles. The van der Waals surface area contributed by atoms with Crippen molar-refractivity contribution in [1.29, 1.82) is 0 Å². The van der Waals surface area contributed by atoms with Crippen LogP contribution in [-0.4, -0.2) is 115 Å². The maximum Gasteiger partial charge on any atom is 0.297 e. The number of methoxy groups -OCH3 is 1. The third-order valence-electron chi connectivity index (χ3n) is 6.57. The lowest BCUT2D eigenvalue weighted by Crippen LogP contribution is -2.10. The number of rotatable bonds is 27. The SMILES string of the molecule is C#CCCOC(OCCC#C)c1ccc(OCCCCCCCCOCCOC)cc1.Cc1ccc(S(=O)(=O)OCCO)cc1.OCCO.[N-]=[N+]=NCCO. The molecule has 0 saturated heterocycles. The van der Waals surface area contributed by atoms with Crippen LogP contribution in [0.4, 0.5) is 0 Å². The third kappa shape index (κ3) is 33.3. The number of hydrogen-bond donors (Lipinski definition) is 4. The average Bonchev–Trinajstić information content (AvgIpc) is 3.20. The van der Waals surface area contributed by atoms with Crippen molar-refractivity contribution >= 4 is 10.1 Å². The minimum Gasteiger partial charge on any atom is -0.494 e. The van der Waals surface area contributed by atoms with Gasteiger partial charge in [-0.2, -0.15) is 8.42 Å². The first kappa shape index (κ1) is 53.4. The predicted molar refractivity (Wildman–Crippen MR) is 211 cm³/mol. The lowest BCUT2D eigenvalue weighted by Gasteiger charge is -2.18. The second-order valence-corrected chi connectivity index (χ2v) is 12.7. The molecule has 0 saturated carbocycles. The summed E-state index contributed by atoms with van der Waals surface area (Å²) in [6, 6.07) is 14.1. The molecule has 4 N–H and O–H groups in total. The summed E-state index contributed by atoms with van der Waals surface area (Å²) in [6.07, 6.45) is 18.2. The molecular formula is C39H61N3O12S. The van der Waals surface area contributed by atoms with Crippen LogP contribution >= 0.6 is 0 Å². The molecule has 0 aliphatic heterocycles. The minimum atomic E-state index is -3.70. The van der Waals surface area contributed by atoms with Crippen LogP contribution in [0.5, 0.6) is 5.75 Å². The molecule has 0 aliphatic rings. The van der Waals surface area contributed by atoms with E-state index < -0.39 is 16.4 Å². The van der Waals surface area contributed by atoms with Crippen molar-refractivity contribution in [3.05, 3.63) is 70.1 Å². The number of azide groups is 1. The Kier molecular flexibility index (Phi) is 38.7. The molecule has 15 nitrogen and oxygen atoms in total. The van der Waals surface area contributed by atoms with E-state index >= 15 is 0 Å². The van der Waals surface area contributed by atoms with Crippen molar-refractivity contribution in [3.63, 3.8) is 0 Å². The fourth-order valence-electron chi connectivity index (χ4n) is 3.87. The number of hydrogen-bond acceptors (Lipinski definition) is 13. The van der Waals surface area contributed by atoms with E-state index in [2.05, 4.69) is 26.0 Å². The van der Waals surface area contributed by atoms with Crippen LogP contribution in [0.1, 0.15) is 68.8 Å². The van der Waals surface area contributed by atoms with Crippen LogP contribution in [0.15, 0.2) is 58.5 Å². The van der Waals surface area contributed by atoms with E-state index in [1.165, 1.54) is 37.8 Å². The highest BCUT2D eigenvalue weighted by Crippen LogP contribution is 2.23. The molecule has 0 radical (unpaired) electrons. The van der Waals surface area contributed by atoms with Gasteiger partial charge in [-0.25, -0.2) is 0 Å². The number of ether oxygens (including phenoxy) is 5. The molecule has 2 aromatic carbocycles. The van der Waals surface area contributed by atoms with Gasteiger partial charge in [0.1, 0.15) is 5.75 Å². The molecule has 55 heavy (non-hydrogen) atoms. The van der Waals surface area contributed by atoms with Crippen LogP contribution in [0.25, 0.3) is 10.4 Å². The number of aliphatic hydroxyl groups excluding tert-OH is 4. The molecule has 0 unspecified atom stereocenters. The Morgan fingerprint density at radius 3 is 1.76 bits per heavy atom. The molecule has 2 rings (SSSR count). The van der Waals surface area contributed by atoms with Crippen molar-refractivity contribution in [2.75, 3.05) is 86.3 Å². The van der Waals surface area contributed by atoms with Crippen LogP contribution in [0.3, 0.4) is 0 Å². The van der Waals surface area contributed by atoms with Gasteiger partial charge in [-0.1, -0.05) is 60.6 Å². The Labute approximate surface area is 327 Å². The highest BCUT2D eigenvalue weighted by atomic mass is 32.2. The van der Waals surface area contributed by atoms with Gasteiger partial charge in [0.05, 0.1) is 64.4 Å². The summed E-state index contributed by atoms with van der Waals surface area (Å²) < 4.78 is 55.0. The predicted octanol–water partition coefficient (Wildman–Crippen LogP) is 5.10. The Hall–Kier alpha value is -3.74. The molecule has 310 valence electrons. The van der Waals surface area contributed by atoms with E-state index in [1.807, 2.05) is 31.2 Å². The van der Waals surface area contributed by atoms with E-state index in [4.69, 9.17) is 62.5 Å². The van der Waals surface area contributed by atoms with Gasteiger partial charge < -0.3 is 44.1 Å². The summed E-state index contributed by atoms with van der Waals surface area (Å²) in [5, 5.41) is 34.6. The number of terminal acetylenes is 2. The standard InChI is InChI=1S/C26H38O5.C9H12O4S.C2H5N3O.C2H6O2/c1-4-6-19-30-26(31-20-7-5-2)24-14-16-25(17-15-24)29-21-13-11-9-8-10-12-18-28-23-22-27-3;1-8-2-4-9(5-3-8)14(11,12)13-7-6-10;3-5-4-1-2-6;3-1-2-4/h1-2,14-17,26H,6-13,18-23H2,3H3;2-5,10H,6-7H2,1H3;6H,1-2H2;3-4H,1-2H2. The minimum absolute atomic E-state index is 0.0654. The van der Waals surface area contributed by atoms with Gasteiger partial charge in [0.15, 0.2) is 6.29 Å². The highest BCUT2D eigenvalue weighted by molar-refractivity contribution is 7.86. The lowest BCUT2D eigenvalue weighted by atomic mass is 10.1. The molecule has 0 fully saturated rings. The fourth-order valence-corrected chi connectivity index (χ4v) is 4.77. The summed E-state index contributed by atoms with van der Waals surface area (Å²) in [6.45, 7) is 4.99. The zero-order chi connectivity index (χ0) is 41.3. The second kappa shape index (κ2) is 39.9. The van der Waals surface area contributed by atoms with Gasteiger partial charge in [0.2, 0.25) is 0 Å². The van der Waals surface area contributed by atoms with Crippen molar-refractivity contribution in [3.8, 4) is 30.4 Å². The number of aryl methyl sites for hydroxylation is 1. The van der Waals surface area contributed by atoms with Gasteiger partial charge in [-0.15, -0.1) is 24.7 Å². The van der Waals surface area contributed by atoms with Gasteiger partial charge in [-0.05, 0) is 49.6 Å². The molecule has 0 aliphatic carbocycles. The molecule has 16 heteroatoms. The summed E-state index contributed by atoms with van der Waals surface area (Å²) in [5.74, 6) is 5.98. The zero-order valence-corrected chi connectivity index (χ0v) is 33.1. The first-order valence-electron chi connectivity index (χ1n) is 18.0. The maximum absolute atomic E-state index is 11.4. The Bertz CT molecular complexity index is 1370. The van der Waals surface area contributed by atoms with E-state index in [0.717, 1.165) is 42.9 Å². The van der Waals surface area contributed by atoms with Crippen LogP contribution < -0.4 is 4.74 Å². The fraction of sp³-hybridized carbons (Fsp3) is 0.590. The first-order valence-corrected chi connectivity index (χ1v) is 19.4. The molecular weight excluding hydrogens is 735 g/mol. The van der Waals surface area contributed by atoms with Crippen molar-refractivity contribution in [1.82, 2.24) is 0 Å². The van der Waals surface area contributed by atoms with Gasteiger partial charge >= 0.3 is 0 Å². The Morgan fingerprint density at radius 2 is 1.29 bits per heavy atom. The van der Waals surface area contributed by atoms with Crippen LogP contribution in [0, 0.1) is 31.6 Å². The summed E-state index contributed by atoms with van der Waals surface area (Å²) in [7, 11) is -2.01. The van der Waals surface area contributed by atoms with E-state index in [1.54, 1.807) is 19.2 Å². The zero-order valence-electron chi connectivity index (χ0n) is 32.3. The van der Waals surface area contributed by atoms with Gasteiger partial charge in [-0.3, -0.25) is 4.18 Å².